The van der Waals surface area contributed by atoms with E-state index in [4.69, 9.17) is 4.74 Å². The van der Waals surface area contributed by atoms with Gasteiger partial charge < -0.3 is 19.9 Å². The van der Waals surface area contributed by atoms with Gasteiger partial charge in [-0.3, -0.25) is 9.59 Å². The van der Waals surface area contributed by atoms with Crippen LogP contribution in [0.1, 0.15) is 32.7 Å². The second-order valence-electron chi connectivity index (χ2n) is 6.48. The number of rotatable bonds is 4. The number of benzene rings is 2. The second kappa shape index (κ2) is 7.34. The zero-order chi connectivity index (χ0) is 20.5. The number of nitrogens with one attached hydrogen (secondary N) is 2. The van der Waals surface area contributed by atoms with Crippen molar-refractivity contribution in [1.29, 1.82) is 0 Å². The van der Waals surface area contributed by atoms with Crippen molar-refractivity contribution in [2.45, 2.75) is 12.6 Å². The number of hydrogen-bond acceptors (Lipinski definition) is 4. The number of methoxy groups -OCH3 is 1. The Bertz CT molecular complexity index is 1100. The van der Waals surface area contributed by atoms with Gasteiger partial charge in [0.05, 0.1) is 18.8 Å². The fourth-order valence-electron chi connectivity index (χ4n) is 3.12. The maximum Gasteiger partial charge on any atom is 0.287 e. The summed E-state index contributed by atoms with van der Waals surface area (Å²) in [4.78, 5) is 28.9. The SMILES string of the molecule is COc1ccc(C2Cn3cc(C(=O)Nc4cc(F)ccc4F)nc3C(=O)N2)cc1. The van der Waals surface area contributed by atoms with Crippen molar-refractivity contribution in [3.8, 4) is 5.75 Å². The Kier molecular flexibility index (Phi) is 4.71. The highest BCUT2D eigenvalue weighted by Crippen LogP contribution is 2.24. The van der Waals surface area contributed by atoms with Crippen molar-refractivity contribution in [3.63, 3.8) is 0 Å². The smallest absolute Gasteiger partial charge is 0.287 e. The summed E-state index contributed by atoms with van der Waals surface area (Å²) in [5, 5.41) is 5.11. The number of amides is 2. The van der Waals surface area contributed by atoms with E-state index in [1.54, 1.807) is 23.8 Å². The number of hydrogen-bond donors (Lipinski definition) is 2. The summed E-state index contributed by atoms with van der Waals surface area (Å²) in [5.41, 5.74) is 0.488. The molecule has 0 saturated heterocycles. The van der Waals surface area contributed by atoms with Crippen LogP contribution in [0.4, 0.5) is 14.5 Å². The Morgan fingerprint density at radius 3 is 2.72 bits per heavy atom. The first-order chi connectivity index (χ1) is 13.9. The van der Waals surface area contributed by atoms with Gasteiger partial charge in [-0.05, 0) is 29.8 Å². The Morgan fingerprint density at radius 2 is 2.00 bits per heavy atom. The van der Waals surface area contributed by atoms with Gasteiger partial charge in [0.15, 0.2) is 5.82 Å². The normalized spacial score (nSPS) is 15.4. The van der Waals surface area contributed by atoms with E-state index >= 15 is 0 Å². The van der Waals surface area contributed by atoms with E-state index in [9.17, 15) is 18.4 Å². The highest BCUT2D eigenvalue weighted by Gasteiger charge is 2.29. The van der Waals surface area contributed by atoms with Gasteiger partial charge in [-0.1, -0.05) is 12.1 Å². The Balaban J connectivity index is 1.55. The lowest BCUT2D eigenvalue weighted by molar-refractivity contribution is 0.0894. The quantitative estimate of drug-likeness (QED) is 0.708. The van der Waals surface area contributed by atoms with E-state index in [1.165, 1.54) is 6.20 Å². The molecule has 4 rings (SSSR count). The molecule has 7 nitrogen and oxygen atoms in total. The molecule has 0 fully saturated rings. The van der Waals surface area contributed by atoms with Crippen molar-refractivity contribution in [3.05, 3.63) is 77.4 Å². The van der Waals surface area contributed by atoms with Crippen LogP contribution in [0, 0.1) is 11.6 Å². The van der Waals surface area contributed by atoms with Gasteiger partial charge in [-0.25, -0.2) is 13.8 Å². The van der Waals surface area contributed by atoms with Gasteiger partial charge in [-0.15, -0.1) is 0 Å². The molecule has 0 aliphatic carbocycles. The summed E-state index contributed by atoms with van der Waals surface area (Å²) < 4.78 is 33.7. The second-order valence-corrected chi connectivity index (χ2v) is 6.48. The number of anilines is 1. The predicted octanol–water partition coefficient (Wildman–Crippen LogP) is 2.91. The number of carbonyl (C=O) groups is 2. The number of carbonyl (C=O) groups excluding carboxylic acids is 2. The molecule has 1 aliphatic rings. The van der Waals surface area contributed by atoms with Crippen LogP contribution in [0.3, 0.4) is 0 Å². The maximum absolute atomic E-state index is 13.7. The standard InChI is InChI=1S/C20H16F2N4O3/c1-29-13-5-2-11(3-6-13)16-9-26-10-17(23-18(26)20(28)25-16)19(27)24-15-8-12(21)4-7-14(15)22/h2-8,10,16H,9H2,1H3,(H,24,27)(H,25,28). The van der Waals surface area contributed by atoms with E-state index in [0.29, 0.717) is 12.3 Å². The zero-order valence-corrected chi connectivity index (χ0v) is 15.3. The average molecular weight is 398 g/mol. The molecule has 9 heteroatoms. The summed E-state index contributed by atoms with van der Waals surface area (Å²) in [6.45, 7) is 0.363. The van der Waals surface area contributed by atoms with Crippen molar-refractivity contribution >= 4 is 17.5 Å². The first-order valence-electron chi connectivity index (χ1n) is 8.73. The average Bonchev–Trinajstić information content (AvgIpc) is 3.16. The molecule has 29 heavy (non-hydrogen) atoms. The fraction of sp³-hybridized carbons (Fsp3) is 0.150. The first kappa shape index (κ1) is 18.6. The Hall–Kier alpha value is -3.75. The van der Waals surface area contributed by atoms with Crippen molar-refractivity contribution < 1.29 is 23.1 Å². The molecule has 0 saturated carbocycles. The predicted molar refractivity (Wildman–Crippen MR) is 99.7 cm³/mol. The monoisotopic (exact) mass is 398 g/mol. The zero-order valence-electron chi connectivity index (χ0n) is 15.3. The van der Waals surface area contributed by atoms with E-state index < -0.39 is 23.4 Å². The molecule has 1 unspecified atom stereocenters. The minimum atomic E-state index is -0.777. The van der Waals surface area contributed by atoms with Crippen LogP contribution >= 0.6 is 0 Å². The van der Waals surface area contributed by atoms with Gasteiger partial charge in [0.25, 0.3) is 11.8 Å². The number of halogens is 2. The van der Waals surface area contributed by atoms with Crippen molar-refractivity contribution in [1.82, 2.24) is 14.9 Å². The Labute approximate surface area is 164 Å². The van der Waals surface area contributed by atoms with Gasteiger partial charge in [0.1, 0.15) is 23.1 Å². The molecule has 0 spiro atoms. The molecule has 0 radical (unpaired) electrons. The van der Waals surface area contributed by atoms with E-state index in [1.807, 2.05) is 12.1 Å². The largest absolute Gasteiger partial charge is 0.497 e. The molecule has 148 valence electrons. The molecule has 2 aromatic carbocycles. The van der Waals surface area contributed by atoms with Crippen LogP contribution in [-0.2, 0) is 6.54 Å². The molecule has 1 aliphatic heterocycles. The lowest BCUT2D eigenvalue weighted by atomic mass is 10.1. The summed E-state index contributed by atoms with van der Waals surface area (Å²) in [7, 11) is 1.57. The lowest BCUT2D eigenvalue weighted by Crippen LogP contribution is -2.38. The third-order valence-electron chi connectivity index (χ3n) is 4.59. The number of ether oxygens (including phenoxy) is 1. The first-order valence-corrected chi connectivity index (χ1v) is 8.73. The topological polar surface area (TPSA) is 85.2 Å². The summed E-state index contributed by atoms with van der Waals surface area (Å²) in [5.74, 6) is -1.88. The molecule has 2 amide bonds. The molecule has 3 aromatic rings. The van der Waals surface area contributed by atoms with Crippen molar-refractivity contribution in [2.75, 3.05) is 12.4 Å². The maximum atomic E-state index is 13.7. The van der Waals surface area contributed by atoms with Crippen LogP contribution in [0.2, 0.25) is 0 Å². The van der Waals surface area contributed by atoms with Crippen LogP contribution in [0.25, 0.3) is 0 Å². The van der Waals surface area contributed by atoms with Gasteiger partial charge in [-0.2, -0.15) is 0 Å². The van der Waals surface area contributed by atoms with Crippen molar-refractivity contribution in [2.24, 2.45) is 0 Å². The number of imidazole rings is 1. The van der Waals surface area contributed by atoms with Crippen LogP contribution in [0.5, 0.6) is 5.75 Å². The molecule has 0 bridgehead atoms. The van der Waals surface area contributed by atoms with Crippen LogP contribution < -0.4 is 15.4 Å². The summed E-state index contributed by atoms with van der Waals surface area (Å²) in [6.07, 6.45) is 1.41. The molecular formula is C20H16F2N4O3. The third-order valence-corrected chi connectivity index (χ3v) is 4.59. The van der Waals surface area contributed by atoms with Crippen LogP contribution in [0.15, 0.2) is 48.7 Å². The minimum Gasteiger partial charge on any atom is -0.497 e. The lowest BCUT2D eigenvalue weighted by Gasteiger charge is -2.25. The molecule has 1 atom stereocenters. The van der Waals surface area contributed by atoms with Gasteiger partial charge in [0.2, 0.25) is 0 Å². The van der Waals surface area contributed by atoms with Gasteiger partial charge in [0, 0.05) is 18.8 Å². The highest BCUT2D eigenvalue weighted by molar-refractivity contribution is 6.04. The molecule has 1 aromatic heterocycles. The molecule has 2 N–H and O–H groups in total. The number of nitrogens with zero attached hydrogens (tertiary/aromatic N) is 2. The van der Waals surface area contributed by atoms with E-state index in [-0.39, 0.29) is 23.2 Å². The summed E-state index contributed by atoms with van der Waals surface area (Å²) in [6, 6.07) is 9.68. The third kappa shape index (κ3) is 3.66. The van der Waals surface area contributed by atoms with Crippen LogP contribution in [-0.4, -0.2) is 28.5 Å². The Morgan fingerprint density at radius 1 is 1.24 bits per heavy atom. The van der Waals surface area contributed by atoms with E-state index in [2.05, 4.69) is 15.6 Å². The highest BCUT2D eigenvalue weighted by atomic mass is 19.1. The van der Waals surface area contributed by atoms with E-state index in [0.717, 1.165) is 23.8 Å². The number of fused-ring (bicyclic) bond motifs is 1. The van der Waals surface area contributed by atoms with Gasteiger partial charge >= 0.3 is 0 Å². The molecular weight excluding hydrogens is 382 g/mol. The molecule has 2 heterocycles. The minimum absolute atomic E-state index is 0.0691. The summed E-state index contributed by atoms with van der Waals surface area (Å²) >= 11 is 0. The fourth-order valence-corrected chi connectivity index (χ4v) is 3.12. The number of aromatic nitrogens is 2.